The predicted molar refractivity (Wildman–Crippen MR) is 135 cm³/mol. The number of ether oxygens (including phenoxy) is 1. The highest BCUT2D eigenvalue weighted by molar-refractivity contribution is 5.92. The van der Waals surface area contributed by atoms with E-state index >= 15 is 0 Å². The van der Waals surface area contributed by atoms with Crippen molar-refractivity contribution in [2.75, 3.05) is 5.32 Å². The van der Waals surface area contributed by atoms with E-state index in [0.717, 1.165) is 0 Å². The molecular weight excluding hydrogens is 536 g/mol. The molecule has 214 valence electrons. The van der Waals surface area contributed by atoms with Gasteiger partial charge in [0.15, 0.2) is 5.69 Å². The van der Waals surface area contributed by atoms with Crippen molar-refractivity contribution in [3.63, 3.8) is 0 Å². The van der Waals surface area contributed by atoms with Gasteiger partial charge >= 0.3 is 6.11 Å². The molecule has 1 aliphatic rings. The number of aromatic nitrogens is 4. The molecule has 0 radical (unpaired) electrons. The number of carbonyl (C=O) groups is 2. The first-order valence-corrected chi connectivity index (χ1v) is 12.6. The lowest BCUT2D eigenvalue weighted by atomic mass is 10.2. The van der Waals surface area contributed by atoms with Gasteiger partial charge in [0.1, 0.15) is 5.75 Å². The third-order valence-corrected chi connectivity index (χ3v) is 6.12. The minimum Gasteiger partial charge on any atom is -0.433 e. The minimum absolute atomic E-state index is 0.0197. The number of unbranched alkanes of at least 4 members (excludes halogenated alkanes) is 1. The molecule has 2 N–H and O–H groups in total. The first-order valence-electron chi connectivity index (χ1n) is 12.6. The molecule has 0 saturated heterocycles. The normalized spacial score (nSPS) is 15.9. The fourth-order valence-electron chi connectivity index (χ4n) is 3.96. The van der Waals surface area contributed by atoms with Gasteiger partial charge in [0.2, 0.25) is 5.91 Å². The smallest absolute Gasteiger partial charge is 0.394 e. The number of aryl methyl sites for hydroxylation is 2. The number of nitrogens with one attached hydrogen (secondary N) is 2. The molecule has 0 bridgehead atoms. The number of hydrogen-bond acceptors (Lipinski definition) is 6. The fourth-order valence-corrected chi connectivity index (χ4v) is 3.96. The van der Waals surface area contributed by atoms with Crippen LogP contribution in [0.5, 0.6) is 5.75 Å². The Balaban J connectivity index is 1.18. The highest BCUT2D eigenvalue weighted by atomic mass is 19.3. The van der Waals surface area contributed by atoms with E-state index in [1.807, 2.05) is 0 Å². The minimum atomic E-state index is -3.32. The Kier molecular flexibility index (Phi) is 8.55. The van der Waals surface area contributed by atoms with E-state index in [0.29, 0.717) is 38.4 Å². The second-order valence-corrected chi connectivity index (χ2v) is 9.68. The summed E-state index contributed by atoms with van der Waals surface area (Å²) in [5, 5.41) is 12.9. The van der Waals surface area contributed by atoms with Crippen LogP contribution in [0.1, 0.15) is 48.7 Å². The second-order valence-electron chi connectivity index (χ2n) is 9.68. The van der Waals surface area contributed by atoms with Crippen molar-refractivity contribution < 1.29 is 31.9 Å². The van der Waals surface area contributed by atoms with Crippen LogP contribution < -0.4 is 20.9 Å². The fraction of sp³-hybridized carbons (Fsp3) is 0.423. The van der Waals surface area contributed by atoms with Crippen LogP contribution in [-0.2, 0) is 24.4 Å². The van der Waals surface area contributed by atoms with Crippen LogP contribution in [0.3, 0.4) is 0 Å². The molecule has 0 aliphatic heterocycles. The number of carbonyl (C=O) groups excluding carboxylic acids is 2. The summed E-state index contributed by atoms with van der Waals surface area (Å²) in [6.07, 6.45) is 0.349. The summed E-state index contributed by atoms with van der Waals surface area (Å²) in [5.41, 5.74) is 0.574. The third-order valence-electron chi connectivity index (χ3n) is 6.12. The van der Waals surface area contributed by atoms with Crippen molar-refractivity contribution in [1.82, 2.24) is 24.9 Å². The van der Waals surface area contributed by atoms with Crippen LogP contribution in [0, 0.1) is 5.92 Å². The molecule has 1 saturated carbocycles. The van der Waals surface area contributed by atoms with Gasteiger partial charge in [0.25, 0.3) is 17.4 Å². The average molecular weight is 565 g/mol. The van der Waals surface area contributed by atoms with Gasteiger partial charge in [-0.05, 0) is 36.6 Å². The monoisotopic (exact) mass is 564 g/mol. The molecule has 40 heavy (non-hydrogen) atoms. The highest BCUT2D eigenvalue weighted by Gasteiger charge is 2.57. The Labute approximate surface area is 226 Å². The lowest BCUT2D eigenvalue weighted by Gasteiger charge is -2.13. The molecule has 1 fully saturated rings. The summed E-state index contributed by atoms with van der Waals surface area (Å²) >= 11 is 0. The van der Waals surface area contributed by atoms with Crippen molar-refractivity contribution in [3.05, 3.63) is 70.4 Å². The maximum absolute atomic E-state index is 13.0. The van der Waals surface area contributed by atoms with Crippen LogP contribution in [0.2, 0.25) is 0 Å². The number of alkyl halides is 4. The number of rotatable bonds is 13. The Hall–Kier alpha value is -4.23. The van der Waals surface area contributed by atoms with E-state index in [-0.39, 0.29) is 42.1 Å². The number of hydrogen-bond donors (Lipinski definition) is 2. The van der Waals surface area contributed by atoms with Gasteiger partial charge in [0.05, 0.1) is 6.20 Å². The van der Waals surface area contributed by atoms with E-state index in [1.165, 1.54) is 45.9 Å². The third kappa shape index (κ3) is 8.38. The number of pyridine rings is 1. The van der Waals surface area contributed by atoms with Crippen LogP contribution in [-0.4, -0.2) is 43.4 Å². The van der Waals surface area contributed by atoms with Gasteiger partial charge in [-0.25, -0.2) is 8.78 Å². The molecule has 0 spiro atoms. The van der Waals surface area contributed by atoms with Crippen LogP contribution in [0.25, 0.3) is 0 Å². The van der Waals surface area contributed by atoms with E-state index in [1.54, 1.807) is 12.1 Å². The zero-order valence-electron chi connectivity index (χ0n) is 21.6. The first kappa shape index (κ1) is 28.8. The number of amides is 2. The molecule has 14 heteroatoms. The maximum Gasteiger partial charge on any atom is 0.394 e. The molecule has 2 amide bonds. The average Bonchev–Trinajstić information content (AvgIpc) is 3.23. The molecule has 4 rings (SSSR count). The van der Waals surface area contributed by atoms with Gasteiger partial charge in [-0.15, -0.1) is 5.10 Å². The van der Waals surface area contributed by atoms with Crippen molar-refractivity contribution in [1.29, 1.82) is 0 Å². The summed E-state index contributed by atoms with van der Waals surface area (Å²) in [5.74, 6) is -4.77. The molecule has 1 aromatic carbocycles. The number of benzene rings is 1. The van der Waals surface area contributed by atoms with Gasteiger partial charge in [0, 0.05) is 63.3 Å². The van der Waals surface area contributed by atoms with Gasteiger partial charge in [-0.1, -0.05) is 17.3 Å². The first-order chi connectivity index (χ1) is 18.9. The standard InChI is InChI=1S/C26H28F4N6O4/c1-25(27,28)40-20-6-4-5-17(11-20)15-31-24(39)21-16-36(34-33-21)9-3-2-8-35-10-7-19(13-23(35)38)32-22(37)12-18-14-26(18,29)30/h4-7,10-11,13,16,18H,2-3,8-9,12,14-15H2,1H3,(H,31,39)(H,32,37). The molecule has 1 atom stereocenters. The topological polar surface area (TPSA) is 120 Å². The van der Waals surface area contributed by atoms with E-state index in [2.05, 4.69) is 25.7 Å². The van der Waals surface area contributed by atoms with Crippen LogP contribution in [0.4, 0.5) is 23.2 Å². The summed E-state index contributed by atoms with van der Waals surface area (Å²) in [4.78, 5) is 36.6. The van der Waals surface area contributed by atoms with Crippen LogP contribution >= 0.6 is 0 Å². The molecule has 2 heterocycles. The molecule has 1 aliphatic carbocycles. The maximum atomic E-state index is 13.0. The number of nitrogens with zero attached hydrogens (tertiary/aromatic N) is 4. The van der Waals surface area contributed by atoms with Crippen molar-refractivity contribution in [2.45, 2.75) is 64.3 Å². The van der Waals surface area contributed by atoms with Gasteiger partial charge in [-0.3, -0.25) is 19.1 Å². The molecule has 1 unspecified atom stereocenters. The highest BCUT2D eigenvalue weighted by Crippen LogP contribution is 2.50. The Morgan fingerprint density at radius 2 is 1.93 bits per heavy atom. The predicted octanol–water partition coefficient (Wildman–Crippen LogP) is 3.83. The second kappa shape index (κ2) is 11.9. The van der Waals surface area contributed by atoms with Gasteiger partial charge in [-0.2, -0.15) is 8.78 Å². The summed E-state index contributed by atoms with van der Waals surface area (Å²) in [6.45, 7) is 1.55. The molecular formula is C26H28F4N6O4. The number of anilines is 1. The largest absolute Gasteiger partial charge is 0.433 e. The molecule has 3 aromatic rings. The SMILES string of the molecule is CC(F)(F)Oc1cccc(CNC(=O)c2cn(CCCCn3ccc(NC(=O)CC4CC4(F)F)cc3=O)nn2)c1. The Morgan fingerprint density at radius 1 is 1.18 bits per heavy atom. The molecule has 10 nitrogen and oxygen atoms in total. The van der Waals surface area contributed by atoms with E-state index in [4.69, 9.17) is 0 Å². The van der Waals surface area contributed by atoms with Crippen molar-refractivity contribution in [2.24, 2.45) is 5.92 Å². The van der Waals surface area contributed by atoms with Gasteiger partial charge < -0.3 is 19.9 Å². The summed E-state index contributed by atoms with van der Waals surface area (Å²) in [7, 11) is 0. The quantitative estimate of drug-likeness (QED) is 0.241. The Bertz CT molecular complexity index is 1420. The summed E-state index contributed by atoms with van der Waals surface area (Å²) < 4.78 is 59.5. The van der Waals surface area contributed by atoms with E-state index in [9.17, 15) is 31.9 Å². The number of halogens is 4. The lowest BCUT2D eigenvalue weighted by molar-refractivity contribution is -0.159. The Morgan fingerprint density at radius 3 is 2.62 bits per heavy atom. The molecule has 2 aromatic heterocycles. The van der Waals surface area contributed by atoms with Crippen molar-refractivity contribution >= 4 is 17.5 Å². The van der Waals surface area contributed by atoms with E-state index < -0.39 is 29.8 Å². The van der Waals surface area contributed by atoms with Crippen LogP contribution in [0.15, 0.2) is 53.6 Å². The van der Waals surface area contributed by atoms with Crippen molar-refractivity contribution in [3.8, 4) is 5.75 Å². The zero-order valence-corrected chi connectivity index (χ0v) is 21.6. The summed E-state index contributed by atoms with van der Waals surface area (Å²) in [6, 6.07) is 8.78. The zero-order chi connectivity index (χ0) is 28.9. The lowest BCUT2D eigenvalue weighted by Crippen LogP contribution is -2.23.